The number of nitrogens with one attached hydrogen (secondary N) is 2. The third kappa shape index (κ3) is 2.82. The number of aryl methyl sites for hydroxylation is 1. The summed E-state index contributed by atoms with van der Waals surface area (Å²) < 4.78 is 0. The normalized spacial score (nSPS) is 31.8. The van der Waals surface area contributed by atoms with Crippen LogP contribution in [-0.4, -0.2) is 16.4 Å². The lowest BCUT2D eigenvalue weighted by Crippen LogP contribution is -2.54. The predicted molar refractivity (Wildman–Crippen MR) is 106 cm³/mol. The third-order valence-corrected chi connectivity index (χ3v) is 7.49. The first-order chi connectivity index (χ1) is 12.6. The maximum Gasteiger partial charge on any atom is 0.267 e. The molecule has 0 atom stereocenters. The molecular weight excluding hydrogens is 342 g/mol. The Morgan fingerprint density at radius 2 is 1.69 bits per heavy atom. The number of para-hydroxylation sites is 2. The third-order valence-electron chi connectivity index (χ3n) is 6.57. The van der Waals surface area contributed by atoms with Gasteiger partial charge in [-0.15, -0.1) is 11.3 Å². The average Bonchev–Trinajstić information content (AvgIpc) is 3.01. The Bertz CT molecular complexity index is 808. The number of anilines is 2. The molecular formula is C21H25N3OS. The highest BCUT2D eigenvalue weighted by molar-refractivity contribution is 7.12. The van der Waals surface area contributed by atoms with Crippen molar-refractivity contribution in [1.29, 1.82) is 0 Å². The number of thiazole rings is 1. The Morgan fingerprint density at radius 1 is 1.08 bits per heavy atom. The van der Waals surface area contributed by atoms with E-state index >= 15 is 0 Å². The maximum absolute atomic E-state index is 12.6. The fraction of sp³-hybridized carbons (Fsp3) is 0.524. The second kappa shape index (κ2) is 6.08. The zero-order valence-corrected chi connectivity index (χ0v) is 15.9. The smallest absolute Gasteiger partial charge is 0.267 e. The summed E-state index contributed by atoms with van der Waals surface area (Å²) in [5, 5.41) is 7.00. The molecule has 4 nitrogen and oxygen atoms in total. The van der Waals surface area contributed by atoms with Gasteiger partial charge in [0, 0.05) is 5.54 Å². The molecule has 6 rings (SSSR count). The first-order valence-electron chi connectivity index (χ1n) is 9.69. The summed E-state index contributed by atoms with van der Waals surface area (Å²) in [7, 11) is 0. The van der Waals surface area contributed by atoms with Crippen molar-refractivity contribution in [3.8, 4) is 0 Å². The molecule has 26 heavy (non-hydrogen) atoms. The quantitative estimate of drug-likeness (QED) is 0.792. The monoisotopic (exact) mass is 367 g/mol. The van der Waals surface area contributed by atoms with Gasteiger partial charge in [-0.05, 0) is 75.3 Å². The molecule has 1 aromatic carbocycles. The predicted octanol–water partition coefficient (Wildman–Crippen LogP) is 5.08. The van der Waals surface area contributed by atoms with Crippen LogP contribution in [0.3, 0.4) is 0 Å². The van der Waals surface area contributed by atoms with Gasteiger partial charge < -0.3 is 10.6 Å². The lowest BCUT2D eigenvalue weighted by Gasteiger charge is -2.57. The lowest BCUT2D eigenvalue weighted by atomic mass is 9.53. The number of rotatable bonds is 4. The molecule has 4 bridgehead atoms. The number of nitrogens with zero attached hydrogens (tertiary/aromatic N) is 1. The zero-order valence-electron chi connectivity index (χ0n) is 15.1. The second-order valence-electron chi connectivity index (χ2n) is 8.59. The van der Waals surface area contributed by atoms with Gasteiger partial charge in [0.25, 0.3) is 5.91 Å². The molecule has 1 aromatic heterocycles. The standard InChI is InChI=1S/C21H25N3OS/c1-13-19(26-12-22-13)20(25)23-17-4-2-3-5-18(17)24-21-9-14-6-15(10-21)8-16(7-14)11-21/h2-5,12,14-16,24H,6-11H2,1H3,(H,23,25). The highest BCUT2D eigenvalue weighted by atomic mass is 32.1. The van der Waals surface area contributed by atoms with E-state index in [2.05, 4.69) is 27.8 Å². The Balaban J connectivity index is 1.39. The molecule has 4 aliphatic carbocycles. The molecule has 0 aliphatic heterocycles. The molecule has 4 aliphatic rings. The summed E-state index contributed by atoms with van der Waals surface area (Å²) in [4.78, 5) is 17.5. The zero-order chi connectivity index (χ0) is 17.7. The van der Waals surface area contributed by atoms with Crippen molar-refractivity contribution in [3.05, 3.63) is 40.3 Å². The Morgan fingerprint density at radius 3 is 2.27 bits per heavy atom. The maximum atomic E-state index is 12.6. The number of hydrogen-bond donors (Lipinski definition) is 2. The van der Waals surface area contributed by atoms with Crippen LogP contribution in [0.2, 0.25) is 0 Å². The van der Waals surface area contributed by atoms with Crippen LogP contribution in [0, 0.1) is 24.7 Å². The van der Waals surface area contributed by atoms with Gasteiger partial charge in [0.05, 0.1) is 22.6 Å². The summed E-state index contributed by atoms with van der Waals surface area (Å²) in [6.07, 6.45) is 8.16. The van der Waals surface area contributed by atoms with E-state index in [-0.39, 0.29) is 11.4 Å². The van der Waals surface area contributed by atoms with Crippen molar-refractivity contribution in [1.82, 2.24) is 4.98 Å². The number of aromatic nitrogens is 1. The lowest BCUT2D eigenvalue weighted by molar-refractivity contribution is 0.0107. The van der Waals surface area contributed by atoms with Crippen LogP contribution in [0.15, 0.2) is 29.8 Å². The van der Waals surface area contributed by atoms with Gasteiger partial charge in [0.1, 0.15) is 4.88 Å². The molecule has 2 aromatic rings. The summed E-state index contributed by atoms with van der Waals surface area (Å²) in [5.74, 6) is 2.63. The number of benzene rings is 1. The average molecular weight is 368 g/mol. The Kier molecular flexibility index (Phi) is 3.82. The van der Waals surface area contributed by atoms with Crippen molar-refractivity contribution in [3.63, 3.8) is 0 Å². The molecule has 136 valence electrons. The highest BCUT2D eigenvalue weighted by Gasteiger charge is 2.51. The minimum absolute atomic E-state index is 0.0650. The molecule has 2 N–H and O–H groups in total. The molecule has 4 saturated carbocycles. The van der Waals surface area contributed by atoms with Crippen LogP contribution in [0.25, 0.3) is 0 Å². The summed E-state index contributed by atoms with van der Waals surface area (Å²) in [6.45, 7) is 1.88. The van der Waals surface area contributed by atoms with Crippen LogP contribution in [0.4, 0.5) is 11.4 Å². The van der Waals surface area contributed by atoms with Gasteiger partial charge in [-0.3, -0.25) is 4.79 Å². The van der Waals surface area contributed by atoms with E-state index in [1.54, 1.807) is 5.51 Å². The Labute approximate surface area is 158 Å². The highest BCUT2D eigenvalue weighted by Crippen LogP contribution is 2.56. The number of amides is 1. The molecule has 0 spiro atoms. The van der Waals surface area contributed by atoms with E-state index in [1.807, 2.05) is 19.1 Å². The minimum atomic E-state index is -0.0650. The van der Waals surface area contributed by atoms with Gasteiger partial charge >= 0.3 is 0 Å². The number of hydrogen-bond acceptors (Lipinski definition) is 4. The van der Waals surface area contributed by atoms with Gasteiger partial charge in [-0.25, -0.2) is 4.98 Å². The van der Waals surface area contributed by atoms with Gasteiger partial charge in [0.2, 0.25) is 0 Å². The molecule has 4 fully saturated rings. The van der Waals surface area contributed by atoms with Crippen molar-refractivity contribution >= 4 is 28.6 Å². The molecule has 0 radical (unpaired) electrons. The van der Waals surface area contributed by atoms with Gasteiger partial charge in [-0.2, -0.15) is 0 Å². The minimum Gasteiger partial charge on any atom is -0.378 e. The van der Waals surface area contributed by atoms with Gasteiger partial charge in [0.15, 0.2) is 0 Å². The van der Waals surface area contributed by atoms with E-state index in [0.29, 0.717) is 4.88 Å². The fourth-order valence-corrected chi connectivity index (χ4v) is 6.65. The fourth-order valence-electron chi connectivity index (χ4n) is 5.95. The first kappa shape index (κ1) is 16.3. The largest absolute Gasteiger partial charge is 0.378 e. The van der Waals surface area contributed by atoms with E-state index < -0.39 is 0 Å². The summed E-state index contributed by atoms with van der Waals surface area (Å²) >= 11 is 1.39. The van der Waals surface area contributed by atoms with E-state index in [1.165, 1.54) is 49.9 Å². The first-order valence-corrected chi connectivity index (χ1v) is 10.6. The van der Waals surface area contributed by atoms with E-state index in [0.717, 1.165) is 34.8 Å². The van der Waals surface area contributed by atoms with Crippen molar-refractivity contribution < 1.29 is 4.79 Å². The van der Waals surface area contributed by atoms with Crippen molar-refractivity contribution in [2.45, 2.75) is 51.0 Å². The number of carbonyl (C=O) groups excluding carboxylic acids is 1. The number of carbonyl (C=O) groups is 1. The van der Waals surface area contributed by atoms with E-state index in [4.69, 9.17) is 0 Å². The molecule has 0 unspecified atom stereocenters. The molecule has 0 saturated heterocycles. The molecule has 1 heterocycles. The Hall–Kier alpha value is -1.88. The topological polar surface area (TPSA) is 54.0 Å². The van der Waals surface area contributed by atoms with Gasteiger partial charge in [-0.1, -0.05) is 12.1 Å². The SMILES string of the molecule is Cc1ncsc1C(=O)Nc1ccccc1NC12CC3CC(CC(C3)C1)C2. The van der Waals surface area contributed by atoms with Crippen molar-refractivity contribution in [2.24, 2.45) is 17.8 Å². The summed E-state index contributed by atoms with van der Waals surface area (Å²) in [5.41, 5.74) is 4.69. The van der Waals surface area contributed by atoms with E-state index in [9.17, 15) is 4.79 Å². The second-order valence-corrected chi connectivity index (χ2v) is 9.44. The van der Waals surface area contributed by atoms with Crippen molar-refractivity contribution in [2.75, 3.05) is 10.6 Å². The van der Waals surface area contributed by atoms with Crippen LogP contribution < -0.4 is 10.6 Å². The summed E-state index contributed by atoms with van der Waals surface area (Å²) in [6, 6.07) is 8.14. The van der Waals surface area contributed by atoms with Crippen LogP contribution in [0.5, 0.6) is 0 Å². The van der Waals surface area contributed by atoms with Crippen LogP contribution in [0.1, 0.15) is 53.9 Å². The molecule has 5 heteroatoms. The van der Waals surface area contributed by atoms with Crippen LogP contribution in [-0.2, 0) is 0 Å². The van der Waals surface area contributed by atoms with Crippen LogP contribution >= 0.6 is 11.3 Å². The molecule has 1 amide bonds.